The van der Waals surface area contributed by atoms with Gasteiger partial charge in [0.25, 0.3) is 0 Å². The first-order chi connectivity index (χ1) is 6.98. The van der Waals surface area contributed by atoms with Crippen molar-refractivity contribution in [1.29, 1.82) is 0 Å². The number of nitrogens with two attached hydrogens (primary N) is 1. The zero-order valence-electron chi connectivity index (χ0n) is 7.42. The van der Waals surface area contributed by atoms with E-state index in [1.165, 1.54) is 18.3 Å². The molecule has 0 radical (unpaired) electrons. The normalized spacial score (nSPS) is 11.9. The minimum atomic E-state index is -4.49. The Balaban J connectivity index is 2.80. The summed E-state index contributed by atoms with van der Waals surface area (Å²) in [4.78, 5) is 7.09. The average molecular weight is 213 g/mol. The van der Waals surface area contributed by atoms with Gasteiger partial charge in [-0.3, -0.25) is 9.97 Å². The van der Waals surface area contributed by atoms with Crippen LogP contribution in [0.2, 0.25) is 0 Å². The molecule has 2 aromatic rings. The van der Waals surface area contributed by atoms with Crippen molar-refractivity contribution in [2.45, 2.75) is 6.18 Å². The van der Waals surface area contributed by atoms with E-state index in [0.29, 0.717) is 0 Å². The molecule has 0 atom stereocenters. The van der Waals surface area contributed by atoms with E-state index in [1.54, 1.807) is 0 Å². The van der Waals surface area contributed by atoms with Crippen LogP contribution in [-0.4, -0.2) is 9.97 Å². The van der Waals surface area contributed by atoms with E-state index in [4.69, 9.17) is 5.73 Å². The monoisotopic (exact) mass is 213 g/mol. The molecule has 0 aromatic carbocycles. The summed E-state index contributed by atoms with van der Waals surface area (Å²) in [6.07, 6.45) is -2.11. The Kier molecular flexibility index (Phi) is 1.99. The van der Waals surface area contributed by atoms with Gasteiger partial charge in [0.05, 0.1) is 17.4 Å². The zero-order chi connectivity index (χ0) is 11.1. The molecule has 15 heavy (non-hydrogen) atoms. The molecule has 3 nitrogen and oxygen atoms in total. The van der Waals surface area contributed by atoms with Crippen LogP contribution >= 0.6 is 0 Å². The maximum Gasteiger partial charge on any atom is 0.434 e. The van der Waals surface area contributed by atoms with Gasteiger partial charge in [0, 0.05) is 11.6 Å². The number of nitrogens with zero attached hydrogens (tertiary/aromatic N) is 2. The fourth-order valence-electron chi connectivity index (χ4n) is 1.29. The predicted molar refractivity (Wildman–Crippen MR) is 49.0 cm³/mol. The molecule has 0 fully saturated rings. The van der Waals surface area contributed by atoms with Crippen LogP contribution < -0.4 is 5.73 Å². The third-order valence-electron chi connectivity index (χ3n) is 1.90. The molecular formula is C9H6F3N3. The third-order valence-corrected chi connectivity index (χ3v) is 1.90. The van der Waals surface area contributed by atoms with Crippen molar-refractivity contribution >= 4 is 16.6 Å². The standard InChI is InChI=1S/C9H6F3N3/c10-9(11,12)8-6-3-5(13)4-15-7(6)1-2-14-8/h1-4H,13H2. The second-order valence-corrected chi connectivity index (χ2v) is 2.99. The van der Waals surface area contributed by atoms with Gasteiger partial charge in [-0.05, 0) is 12.1 Å². The number of halogens is 3. The molecule has 0 spiro atoms. The van der Waals surface area contributed by atoms with E-state index in [0.717, 1.165) is 6.20 Å². The second kappa shape index (κ2) is 3.08. The van der Waals surface area contributed by atoms with Gasteiger partial charge < -0.3 is 5.73 Å². The number of nitrogen functional groups attached to an aromatic ring is 1. The SMILES string of the molecule is Nc1cnc2ccnc(C(F)(F)F)c2c1. The van der Waals surface area contributed by atoms with Gasteiger partial charge in [-0.25, -0.2) is 0 Å². The molecule has 6 heteroatoms. The highest BCUT2D eigenvalue weighted by Gasteiger charge is 2.34. The lowest BCUT2D eigenvalue weighted by Crippen LogP contribution is -2.08. The number of hydrogen-bond acceptors (Lipinski definition) is 3. The minimum absolute atomic E-state index is 0.0787. The second-order valence-electron chi connectivity index (χ2n) is 2.99. The van der Waals surface area contributed by atoms with Crippen molar-refractivity contribution in [2.75, 3.05) is 5.73 Å². The first kappa shape index (κ1) is 9.70. The lowest BCUT2D eigenvalue weighted by molar-refractivity contribution is -0.139. The highest BCUT2D eigenvalue weighted by Crippen LogP contribution is 2.32. The van der Waals surface area contributed by atoms with Gasteiger partial charge in [0.2, 0.25) is 0 Å². The Morgan fingerprint density at radius 1 is 1.20 bits per heavy atom. The highest BCUT2D eigenvalue weighted by molar-refractivity contribution is 5.83. The summed E-state index contributed by atoms with van der Waals surface area (Å²) in [7, 11) is 0. The fraction of sp³-hybridized carbons (Fsp3) is 0.111. The van der Waals surface area contributed by atoms with Crippen LogP contribution in [0.3, 0.4) is 0 Å². The molecule has 0 saturated carbocycles. The molecule has 78 valence electrons. The van der Waals surface area contributed by atoms with E-state index in [1.807, 2.05) is 0 Å². The molecule has 0 aliphatic carbocycles. The maximum absolute atomic E-state index is 12.5. The summed E-state index contributed by atoms with van der Waals surface area (Å²) >= 11 is 0. The van der Waals surface area contributed by atoms with E-state index >= 15 is 0 Å². The third kappa shape index (κ3) is 1.70. The molecule has 2 aromatic heterocycles. The van der Waals surface area contributed by atoms with Crippen LogP contribution in [0.15, 0.2) is 24.5 Å². The smallest absolute Gasteiger partial charge is 0.397 e. The van der Waals surface area contributed by atoms with Crippen LogP contribution in [0.5, 0.6) is 0 Å². The van der Waals surface area contributed by atoms with Crippen LogP contribution in [0.4, 0.5) is 18.9 Å². The number of pyridine rings is 2. The van der Waals surface area contributed by atoms with Gasteiger partial charge in [0.1, 0.15) is 0 Å². The Labute approximate surface area is 82.8 Å². The summed E-state index contributed by atoms with van der Waals surface area (Å²) in [5.74, 6) is 0. The summed E-state index contributed by atoms with van der Waals surface area (Å²) in [5, 5.41) is -0.0787. The van der Waals surface area contributed by atoms with Crippen LogP contribution in [0.1, 0.15) is 5.69 Å². The molecule has 0 aliphatic heterocycles. The van der Waals surface area contributed by atoms with Gasteiger partial charge in [-0.2, -0.15) is 13.2 Å². The Morgan fingerprint density at radius 3 is 2.60 bits per heavy atom. The molecule has 0 saturated heterocycles. The highest BCUT2D eigenvalue weighted by atomic mass is 19.4. The number of aromatic nitrogens is 2. The van der Waals surface area contributed by atoms with E-state index in [-0.39, 0.29) is 16.6 Å². The van der Waals surface area contributed by atoms with E-state index in [9.17, 15) is 13.2 Å². The molecule has 0 bridgehead atoms. The topological polar surface area (TPSA) is 51.8 Å². The van der Waals surface area contributed by atoms with E-state index in [2.05, 4.69) is 9.97 Å². The van der Waals surface area contributed by atoms with Crippen LogP contribution in [0.25, 0.3) is 10.9 Å². The van der Waals surface area contributed by atoms with Gasteiger partial charge in [-0.1, -0.05) is 0 Å². The van der Waals surface area contributed by atoms with E-state index < -0.39 is 11.9 Å². The predicted octanol–water partition coefficient (Wildman–Crippen LogP) is 2.23. The molecule has 2 N–H and O–H groups in total. The van der Waals surface area contributed by atoms with Crippen molar-refractivity contribution in [3.63, 3.8) is 0 Å². The Morgan fingerprint density at radius 2 is 1.93 bits per heavy atom. The van der Waals surface area contributed by atoms with Crippen molar-refractivity contribution in [1.82, 2.24) is 9.97 Å². The van der Waals surface area contributed by atoms with Crippen molar-refractivity contribution in [3.8, 4) is 0 Å². The molecule has 0 aliphatic rings. The molecule has 0 unspecified atom stereocenters. The average Bonchev–Trinajstić information content (AvgIpc) is 2.15. The summed E-state index contributed by atoms with van der Waals surface area (Å²) in [6.45, 7) is 0. The Hall–Kier alpha value is -1.85. The van der Waals surface area contributed by atoms with Crippen LogP contribution in [-0.2, 0) is 6.18 Å². The number of rotatable bonds is 0. The number of anilines is 1. The maximum atomic E-state index is 12.5. The van der Waals surface area contributed by atoms with Crippen molar-refractivity contribution in [3.05, 3.63) is 30.2 Å². The summed E-state index contributed by atoms with van der Waals surface area (Å²) in [5.41, 5.74) is 4.83. The summed E-state index contributed by atoms with van der Waals surface area (Å²) < 4.78 is 37.6. The largest absolute Gasteiger partial charge is 0.434 e. The molecule has 2 rings (SSSR count). The first-order valence-corrected chi connectivity index (χ1v) is 4.06. The van der Waals surface area contributed by atoms with Gasteiger partial charge in [-0.15, -0.1) is 0 Å². The fourth-order valence-corrected chi connectivity index (χ4v) is 1.29. The molecular weight excluding hydrogens is 207 g/mol. The minimum Gasteiger partial charge on any atom is -0.397 e. The molecule has 2 heterocycles. The lowest BCUT2D eigenvalue weighted by Gasteiger charge is -2.08. The quantitative estimate of drug-likeness (QED) is 0.730. The number of alkyl halides is 3. The lowest BCUT2D eigenvalue weighted by atomic mass is 10.2. The summed E-state index contributed by atoms with van der Waals surface area (Å²) in [6, 6.07) is 2.63. The van der Waals surface area contributed by atoms with Crippen molar-refractivity contribution < 1.29 is 13.2 Å². The number of fused-ring (bicyclic) bond motifs is 1. The Bertz CT molecular complexity index is 507. The first-order valence-electron chi connectivity index (χ1n) is 4.06. The number of hydrogen-bond donors (Lipinski definition) is 1. The van der Waals surface area contributed by atoms with Crippen molar-refractivity contribution in [2.24, 2.45) is 0 Å². The van der Waals surface area contributed by atoms with Gasteiger partial charge >= 0.3 is 6.18 Å². The molecule has 0 amide bonds. The van der Waals surface area contributed by atoms with Crippen LogP contribution in [0, 0.1) is 0 Å². The zero-order valence-corrected chi connectivity index (χ0v) is 7.42. The van der Waals surface area contributed by atoms with Gasteiger partial charge in [0.15, 0.2) is 5.69 Å².